The Morgan fingerprint density at radius 3 is 2.39 bits per heavy atom. The Hall–Kier alpha value is -2.04. The summed E-state index contributed by atoms with van der Waals surface area (Å²) in [6.45, 7) is 3.99. The van der Waals surface area contributed by atoms with Crippen LogP contribution in [0.25, 0.3) is 0 Å². The number of nitrogens with zero attached hydrogens (tertiary/aromatic N) is 1. The van der Waals surface area contributed by atoms with Gasteiger partial charge in [-0.3, -0.25) is 4.79 Å². The predicted octanol–water partition coefficient (Wildman–Crippen LogP) is 2.32. The molecule has 0 aliphatic heterocycles. The zero-order valence-electron chi connectivity index (χ0n) is 10.6. The van der Waals surface area contributed by atoms with Gasteiger partial charge in [0.2, 0.25) is 0 Å². The van der Waals surface area contributed by atoms with Crippen molar-refractivity contribution in [1.29, 1.82) is 0 Å². The maximum atomic E-state index is 11.9. The molecule has 5 heteroatoms. The van der Waals surface area contributed by atoms with Gasteiger partial charge in [0.15, 0.2) is 0 Å². The molecule has 98 valence electrons. The summed E-state index contributed by atoms with van der Waals surface area (Å²) in [5.41, 5.74) is 1.76. The summed E-state index contributed by atoms with van der Waals surface area (Å²) in [5, 5.41) is 11.4. The van der Waals surface area contributed by atoms with Gasteiger partial charge in [-0.2, -0.15) is 0 Å². The quantitative estimate of drug-likeness (QED) is 0.842. The smallest absolute Gasteiger partial charge is 0.323 e. The van der Waals surface area contributed by atoms with Crippen LogP contribution >= 0.6 is 0 Å². The minimum absolute atomic E-state index is 0.286. The van der Waals surface area contributed by atoms with E-state index >= 15 is 0 Å². The lowest BCUT2D eigenvalue weighted by molar-refractivity contribution is -0.137. The highest BCUT2D eigenvalue weighted by atomic mass is 16.4. The zero-order chi connectivity index (χ0) is 13.5. The van der Waals surface area contributed by atoms with Crippen molar-refractivity contribution >= 4 is 17.7 Å². The molecule has 0 unspecified atom stereocenters. The second kappa shape index (κ2) is 6.64. The van der Waals surface area contributed by atoms with E-state index in [0.717, 1.165) is 5.56 Å². The van der Waals surface area contributed by atoms with E-state index in [9.17, 15) is 9.59 Å². The molecule has 0 atom stereocenters. The molecule has 0 aromatic heterocycles. The number of hydrogen-bond acceptors (Lipinski definition) is 2. The van der Waals surface area contributed by atoms with Crippen molar-refractivity contribution in [3.63, 3.8) is 0 Å². The number of urea groups is 1. The number of aryl methyl sites for hydroxylation is 1. The molecule has 1 rings (SSSR count). The molecule has 0 heterocycles. The molecule has 0 saturated heterocycles. The molecular weight excluding hydrogens is 232 g/mol. The van der Waals surface area contributed by atoms with Crippen LogP contribution in [0.3, 0.4) is 0 Å². The Labute approximate surface area is 106 Å². The van der Waals surface area contributed by atoms with Gasteiger partial charge >= 0.3 is 12.0 Å². The monoisotopic (exact) mass is 250 g/mol. The number of carbonyl (C=O) groups excluding carboxylic acids is 1. The molecule has 0 aliphatic carbocycles. The van der Waals surface area contributed by atoms with Crippen molar-refractivity contribution < 1.29 is 14.7 Å². The largest absolute Gasteiger partial charge is 0.480 e. The van der Waals surface area contributed by atoms with Crippen LogP contribution in [-0.2, 0) is 4.79 Å². The first kappa shape index (κ1) is 14.0. The number of carboxylic acids is 1. The molecule has 0 bridgehead atoms. The van der Waals surface area contributed by atoms with E-state index < -0.39 is 5.97 Å². The maximum Gasteiger partial charge on any atom is 0.323 e. The van der Waals surface area contributed by atoms with Crippen molar-refractivity contribution in [3.8, 4) is 0 Å². The Morgan fingerprint density at radius 2 is 1.89 bits per heavy atom. The van der Waals surface area contributed by atoms with Gasteiger partial charge in [-0.05, 0) is 25.5 Å². The van der Waals surface area contributed by atoms with Crippen LogP contribution in [0.1, 0.15) is 18.9 Å². The van der Waals surface area contributed by atoms with E-state index in [4.69, 9.17) is 5.11 Å². The van der Waals surface area contributed by atoms with Gasteiger partial charge < -0.3 is 15.3 Å². The fourth-order valence-electron chi connectivity index (χ4n) is 1.53. The molecule has 1 aromatic carbocycles. The fourth-order valence-corrected chi connectivity index (χ4v) is 1.53. The van der Waals surface area contributed by atoms with E-state index in [1.54, 1.807) is 12.1 Å². The van der Waals surface area contributed by atoms with Gasteiger partial charge in [0.25, 0.3) is 0 Å². The van der Waals surface area contributed by atoms with Crippen molar-refractivity contribution in [2.75, 3.05) is 18.4 Å². The highest BCUT2D eigenvalue weighted by Crippen LogP contribution is 2.09. The number of rotatable bonds is 5. The predicted molar refractivity (Wildman–Crippen MR) is 69.7 cm³/mol. The Bertz CT molecular complexity index is 415. The molecule has 0 spiro atoms. The summed E-state index contributed by atoms with van der Waals surface area (Å²) in [6.07, 6.45) is 0.717. The standard InChI is InChI=1S/C13H18N2O3/c1-3-8-15(9-12(16)17)13(18)14-11-6-4-10(2)5-7-11/h4-7H,3,8-9H2,1-2H3,(H,14,18)(H,16,17). The van der Waals surface area contributed by atoms with E-state index in [0.29, 0.717) is 18.7 Å². The Morgan fingerprint density at radius 1 is 1.28 bits per heavy atom. The molecule has 0 aliphatic rings. The minimum atomic E-state index is -1.01. The van der Waals surface area contributed by atoms with Gasteiger partial charge in [-0.25, -0.2) is 4.79 Å². The summed E-state index contributed by atoms with van der Waals surface area (Å²) in [7, 11) is 0. The number of hydrogen-bond donors (Lipinski definition) is 2. The summed E-state index contributed by atoms with van der Waals surface area (Å²) in [6, 6.07) is 6.97. The van der Waals surface area contributed by atoms with E-state index in [1.807, 2.05) is 26.0 Å². The van der Waals surface area contributed by atoms with Crippen molar-refractivity contribution in [2.24, 2.45) is 0 Å². The number of benzene rings is 1. The lowest BCUT2D eigenvalue weighted by atomic mass is 10.2. The first-order valence-corrected chi connectivity index (χ1v) is 5.87. The Kier molecular flexibility index (Phi) is 5.17. The van der Waals surface area contributed by atoms with Crippen LogP contribution in [0.4, 0.5) is 10.5 Å². The maximum absolute atomic E-state index is 11.9. The van der Waals surface area contributed by atoms with Gasteiger partial charge in [0.1, 0.15) is 6.54 Å². The second-order valence-electron chi connectivity index (χ2n) is 4.11. The number of carboxylic acid groups (broad SMARTS) is 1. The molecule has 2 amide bonds. The van der Waals surface area contributed by atoms with E-state index in [-0.39, 0.29) is 12.6 Å². The third-order valence-electron chi connectivity index (χ3n) is 2.41. The van der Waals surface area contributed by atoms with Crippen LogP contribution in [0, 0.1) is 6.92 Å². The molecule has 5 nitrogen and oxygen atoms in total. The van der Waals surface area contributed by atoms with Crippen molar-refractivity contribution in [2.45, 2.75) is 20.3 Å². The van der Waals surface area contributed by atoms with Crippen LogP contribution in [0.2, 0.25) is 0 Å². The first-order chi connectivity index (χ1) is 8.52. The number of carbonyl (C=O) groups is 2. The average Bonchev–Trinajstić information content (AvgIpc) is 2.31. The van der Waals surface area contributed by atoms with Crippen LogP contribution in [-0.4, -0.2) is 35.1 Å². The lowest BCUT2D eigenvalue weighted by Crippen LogP contribution is -2.39. The van der Waals surface area contributed by atoms with Gasteiger partial charge in [0.05, 0.1) is 0 Å². The van der Waals surface area contributed by atoms with Crippen LogP contribution in [0.5, 0.6) is 0 Å². The third kappa shape index (κ3) is 4.45. The molecule has 18 heavy (non-hydrogen) atoms. The first-order valence-electron chi connectivity index (χ1n) is 5.87. The molecule has 0 saturated carbocycles. The molecular formula is C13H18N2O3. The molecule has 0 radical (unpaired) electrons. The number of aliphatic carboxylic acids is 1. The van der Waals surface area contributed by atoms with Gasteiger partial charge in [-0.1, -0.05) is 24.6 Å². The number of nitrogens with one attached hydrogen (secondary N) is 1. The summed E-state index contributed by atoms with van der Waals surface area (Å²) in [5.74, 6) is -1.01. The molecule has 0 fully saturated rings. The van der Waals surface area contributed by atoms with Gasteiger partial charge in [0, 0.05) is 12.2 Å². The van der Waals surface area contributed by atoms with Gasteiger partial charge in [-0.15, -0.1) is 0 Å². The van der Waals surface area contributed by atoms with E-state index in [2.05, 4.69) is 5.32 Å². The fraction of sp³-hybridized carbons (Fsp3) is 0.385. The topological polar surface area (TPSA) is 69.6 Å². The summed E-state index contributed by atoms with van der Waals surface area (Å²) >= 11 is 0. The third-order valence-corrected chi connectivity index (χ3v) is 2.41. The number of amides is 2. The normalized spacial score (nSPS) is 9.89. The van der Waals surface area contributed by atoms with Crippen molar-refractivity contribution in [1.82, 2.24) is 4.90 Å². The summed E-state index contributed by atoms with van der Waals surface area (Å²) < 4.78 is 0. The van der Waals surface area contributed by atoms with Crippen LogP contribution in [0.15, 0.2) is 24.3 Å². The summed E-state index contributed by atoms with van der Waals surface area (Å²) in [4.78, 5) is 23.8. The molecule has 2 N–H and O–H groups in total. The SMILES string of the molecule is CCCN(CC(=O)O)C(=O)Nc1ccc(C)cc1. The van der Waals surface area contributed by atoms with E-state index in [1.165, 1.54) is 4.90 Å². The second-order valence-corrected chi connectivity index (χ2v) is 4.11. The van der Waals surface area contributed by atoms with Crippen LogP contribution < -0.4 is 5.32 Å². The van der Waals surface area contributed by atoms with Crippen molar-refractivity contribution in [3.05, 3.63) is 29.8 Å². The minimum Gasteiger partial charge on any atom is -0.480 e. The zero-order valence-corrected chi connectivity index (χ0v) is 10.6. The average molecular weight is 250 g/mol. The Balaban J connectivity index is 2.65. The highest BCUT2D eigenvalue weighted by Gasteiger charge is 2.15. The molecule has 1 aromatic rings. The highest BCUT2D eigenvalue weighted by molar-refractivity contribution is 5.91. The number of anilines is 1. The lowest BCUT2D eigenvalue weighted by Gasteiger charge is -2.20.